The first-order valence-corrected chi connectivity index (χ1v) is 8.28. The standard InChI is InChI=1S/C18H26ClN3O/c1-13(2)9-17(3,20)12-23-16-11-22-18(4,10-15(16)19)14-5-7-21-8-6-14/h5-8,10-11,13,22H,9,12,20H2,1-4H3. The molecule has 0 saturated carbocycles. The molecule has 1 aromatic rings. The van der Waals surface area contributed by atoms with Crippen LogP contribution in [0.5, 0.6) is 0 Å². The molecule has 0 aliphatic carbocycles. The van der Waals surface area contributed by atoms with Crippen LogP contribution in [0.2, 0.25) is 0 Å². The molecule has 2 heterocycles. The Hall–Kier alpha value is -1.52. The van der Waals surface area contributed by atoms with Crippen LogP contribution in [-0.2, 0) is 10.3 Å². The van der Waals surface area contributed by atoms with Crippen LogP contribution in [0.1, 0.15) is 39.7 Å². The first kappa shape index (κ1) is 17.8. The van der Waals surface area contributed by atoms with Gasteiger partial charge < -0.3 is 15.8 Å². The number of hydrogen-bond acceptors (Lipinski definition) is 4. The Morgan fingerprint density at radius 1 is 1.39 bits per heavy atom. The molecule has 0 bridgehead atoms. The normalized spacial score (nSPS) is 23.6. The summed E-state index contributed by atoms with van der Waals surface area (Å²) in [4.78, 5) is 4.05. The van der Waals surface area contributed by atoms with Crippen LogP contribution in [0.15, 0.2) is 47.6 Å². The summed E-state index contributed by atoms with van der Waals surface area (Å²) >= 11 is 6.42. The van der Waals surface area contributed by atoms with Gasteiger partial charge in [0.05, 0.1) is 10.6 Å². The molecule has 23 heavy (non-hydrogen) atoms. The van der Waals surface area contributed by atoms with E-state index in [0.717, 1.165) is 12.0 Å². The number of nitrogens with two attached hydrogens (primary N) is 1. The summed E-state index contributed by atoms with van der Waals surface area (Å²) in [6.07, 6.45) is 8.20. The maximum absolute atomic E-state index is 6.42. The fourth-order valence-corrected chi connectivity index (χ4v) is 3.19. The number of ether oxygens (including phenoxy) is 1. The fraction of sp³-hybridized carbons (Fsp3) is 0.500. The van der Waals surface area contributed by atoms with Gasteiger partial charge in [0.2, 0.25) is 0 Å². The minimum atomic E-state index is -0.378. The third-order valence-electron chi connectivity index (χ3n) is 3.87. The molecule has 0 radical (unpaired) electrons. The van der Waals surface area contributed by atoms with E-state index in [9.17, 15) is 0 Å². The van der Waals surface area contributed by atoms with E-state index in [1.165, 1.54) is 0 Å². The molecule has 2 atom stereocenters. The number of nitrogens with one attached hydrogen (secondary N) is 1. The van der Waals surface area contributed by atoms with Gasteiger partial charge in [-0.3, -0.25) is 4.98 Å². The molecule has 4 nitrogen and oxygen atoms in total. The zero-order chi connectivity index (χ0) is 17.1. The SMILES string of the molecule is CC(C)CC(C)(N)COC1=CNC(C)(c2ccncc2)C=C1Cl. The van der Waals surface area contributed by atoms with Crippen molar-refractivity contribution in [1.82, 2.24) is 10.3 Å². The minimum Gasteiger partial charge on any atom is -0.489 e. The predicted molar refractivity (Wildman–Crippen MR) is 94.7 cm³/mol. The van der Waals surface area contributed by atoms with Gasteiger partial charge in [-0.15, -0.1) is 0 Å². The molecule has 0 fully saturated rings. The zero-order valence-corrected chi connectivity index (χ0v) is 15.0. The zero-order valence-electron chi connectivity index (χ0n) is 14.3. The maximum atomic E-state index is 6.42. The van der Waals surface area contributed by atoms with Gasteiger partial charge in [0.1, 0.15) is 6.61 Å². The topological polar surface area (TPSA) is 60.2 Å². The Morgan fingerprint density at radius 2 is 2.04 bits per heavy atom. The largest absolute Gasteiger partial charge is 0.489 e. The van der Waals surface area contributed by atoms with Crippen molar-refractivity contribution in [2.24, 2.45) is 11.7 Å². The molecule has 126 valence electrons. The number of halogens is 1. The smallest absolute Gasteiger partial charge is 0.153 e. The van der Waals surface area contributed by atoms with Gasteiger partial charge in [-0.25, -0.2) is 0 Å². The molecular weight excluding hydrogens is 310 g/mol. The summed E-state index contributed by atoms with van der Waals surface area (Å²) in [5.41, 5.74) is 6.61. The number of hydrogen-bond donors (Lipinski definition) is 2. The highest BCUT2D eigenvalue weighted by Crippen LogP contribution is 2.32. The maximum Gasteiger partial charge on any atom is 0.153 e. The molecule has 5 heteroatoms. The number of rotatable bonds is 6. The van der Waals surface area contributed by atoms with E-state index in [1.54, 1.807) is 12.4 Å². The van der Waals surface area contributed by atoms with Crippen molar-refractivity contribution in [3.8, 4) is 0 Å². The molecule has 2 unspecified atom stereocenters. The summed E-state index contributed by atoms with van der Waals surface area (Å²) in [7, 11) is 0. The average molecular weight is 336 g/mol. The van der Waals surface area contributed by atoms with Crippen molar-refractivity contribution in [2.45, 2.75) is 45.2 Å². The lowest BCUT2D eigenvalue weighted by Crippen LogP contribution is -2.43. The summed E-state index contributed by atoms with van der Waals surface area (Å²) in [5.74, 6) is 1.15. The van der Waals surface area contributed by atoms with Crippen LogP contribution in [0, 0.1) is 5.92 Å². The molecular formula is C18H26ClN3O. The van der Waals surface area contributed by atoms with Crippen LogP contribution in [0.4, 0.5) is 0 Å². The Morgan fingerprint density at radius 3 is 2.61 bits per heavy atom. The Labute approximate surface area is 143 Å². The van der Waals surface area contributed by atoms with Gasteiger partial charge in [0, 0.05) is 24.1 Å². The molecule has 3 N–H and O–H groups in total. The van der Waals surface area contributed by atoms with Crippen LogP contribution < -0.4 is 11.1 Å². The van der Waals surface area contributed by atoms with Crippen molar-refractivity contribution in [3.05, 3.63) is 53.2 Å². The summed E-state index contributed by atoms with van der Waals surface area (Å²) < 4.78 is 5.85. The summed E-state index contributed by atoms with van der Waals surface area (Å²) in [6, 6.07) is 3.93. The van der Waals surface area contributed by atoms with E-state index >= 15 is 0 Å². The van der Waals surface area contributed by atoms with Crippen molar-refractivity contribution < 1.29 is 4.74 Å². The second-order valence-electron chi connectivity index (χ2n) is 7.12. The molecule has 0 saturated heterocycles. The first-order chi connectivity index (χ1) is 10.7. The average Bonchev–Trinajstić information content (AvgIpc) is 2.46. The van der Waals surface area contributed by atoms with Crippen LogP contribution in [0.3, 0.4) is 0 Å². The molecule has 0 aromatic carbocycles. The summed E-state index contributed by atoms with van der Waals surface area (Å²) in [5, 5.41) is 3.94. The Balaban J connectivity index is 2.04. The molecule has 1 aromatic heterocycles. The van der Waals surface area contributed by atoms with Gasteiger partial charge in [-0.2, -0.15) is 0 Å². The van der Waals surface area contributed by atoms with Gasteiger partial charge in [-0.1, -0.05) is 25.4 Å². The van der Waals surface area contributed by atoms with E-state index < -0.39 is 0 Å². The third-order valence-corrected chi connectivity index (χ3v) is 4.16. The van der Waals surface area contributed by atoms with Gasteiger partial charge in [0.15, 0.2) is 5.76 Å². The van der Waals surface area contributed by atoms with E-state index in [-0.39, 0.29) is 11.1 Å². The van der Waals surface area contributed by atoms with E-state index in [1.807, 2.05) is 31.3 Å². The minimum absolute atomic E-state index is 0.377. The number of pyridine rings is 1. The number of aromatic nitrogens is 1. The molecule has 2 rings (SSSR count). The van der Waals surface area contributed by atoms with Crippen molar-refractivity contribution in [2.75, 3.05) is 6.61 Å². The second-order valence-corrected chi connectivity index (χ2v) is 7.53. The molecule has 1 aliphatic heterocycles. The lowest BCUT2D eigenvalue weighted by Gasteiger charge is -2.33. The van der Waals surface area contributed by atoms with Crippen molar-refractivity contribution in [3.63, 3.8) is 0 Å². The number of nitrogens with zero attached hydrogens (tertiary/aromatic N) is 1. The highest BCUT2D eigenvalue weighted by atomic mass is 35.5. The van der Waals surface area contributed by atoms with Gasteiger partial charge in [-0.05, 0) is 50.0 Å². The van der Waals surface area contributed by atoms with Crippen LogP contribution in [0.25, 0.3) is 0 Å². The number of dihydropyridines is 1. The fourth-order valence-electron chi connectivity index (χ4n) is 2.86. The third kappa shape index (κ3) is 4.72. The Kier molecular flexibility index (Phi) is 5.37. The lowest BCUT2D eigenvalue weighted by molar-refractivity contribution is 0.143. The highest BCUT2D eigenvalue weighted by molar-refractivity contribution is 6.31. The predicted octanol–water partition coefficient (Wildman–Crippen LogP) is 3.64. The number of allylic oxidation sites excluding steroid dienone is 1. The van der Waals surface area contributed by atoms with E-state index in [4.69, 9.17) is 22.1 Å². The monoisotopic (exact) mass is 335 g/mol. The highest BCUT2D eigenvalue weighted by Gasteiger charge is 2.29. The van der Waals surface area contributed by atoms with Gasteiger partial charge in [0.25, 0.3) is 0 Å². The van der Waals surface area contributed by atoms with Crippen molar-refractivity contribution >= 4 is 11.6 Å². The van der Waals surface area contributed by atoms with Gasteiger partial charge >= 0.3 is 0 Å². The Bertz CT molecular complexity index is 596. The molecule has 0 amide bonds. The quantitative estimate of drug-likeness (QED) is 0.833. The summed E-state index contributed by atoms with van der Waals surface area (Å²) in [6.45, 7) is 8.79. The van der Waals surface area contributed by atoms with E-state index in [0.29, 0.717) is 23.3 Å². The van der Waals surface area contributed by atoms with E-state index in [2.05, 4.69) is 31.1 Å². The van der Waals surface area contributed by atoms with Crippen LogP contribution in [-0.4, -0.2) is 17.1 Å². The lowest BCUT2D eigenvalue weighted by atomic mass is 9.90. The van der Waals surface area contributed by atoms with Crippen LogP contribution >= 0.6 is 11.6 Å². The molecule has 1 aliphatic rings. The van der Waals surface area contributed by atoms with Crippen molar-refractivity contribution in [1.29, 1.82) is 0 Å². The second kappa shape index (κ2) is 6.93. The molecule has 0 spiro atoms. The first-order valence-electron chi connectivity index (χ1n) is 7.91.